The number of aliphatic imine (C=N–C) groups is 1. The van der Waals surface area contributed by atoms with E-state index in [-0.39, 0.29) is 29.7 Å². The smallest absolute Gasteiger partial charge is 0.289 e. The van der Waals surface area contributed by atoms with Crippen LogP contribution in [0.4, 0.5) is 5.82 Å². The molecule has 5 N–H and O–H groups in total. The first-order chi connectivity index (χ1) is 15.0. The minimum Gasteiger partial charge on any atom is -0.385 e. The second kappa shape index (κ2) is 9.81. The largest absolute Gasteiger partial charge is 0.385 e. The van der Waals surface area contributed by atoms with Gasteiger partial charge in [-0.3, -0.25) is 9.79 Å². The fourth-order valence-electron chi connectivity index (χ4n) is 3.78. The predicted molar refractivity (Wildman–Crippen MR) is 129 cm³/mol. The minimum absolute atomic E-state index is 0.00478. The van der Waals surface area contributed by atoms with Gasteiger partial charge < -0.3 is 21.5 Å². The number of rotatable bonds is 7. The highest BCUT2D eigenvalue weighted by atomic mass is 16.3. The molecule has 1 aliphatic carbocycles. The molecule has 1 fully saturated rings. The lowest BCUT2D eigenvalue weighted by atomic mass is 9.90. The van der Waals surface area contributed by atoms with Gasteiger partial charge in [0.1, 0.15) is 17.3 Å². The average molecular weight is 441 g/mol. The minimum atomic E-state index is -1.16. The van der Waals surface area contributed by atoms with Gasteiger partial charge in [0.25, 0.3) is 5.91 Å². The molecule has 3 rings (SSSR count). The van der Waals surface area contributed by atoms with E-state index in [4.69, 9.17) is 5.73 Å². The summed E-state index contributed by atoms with van der Waals surface area (Å²) in [5, 5.41) is 17.5. The molecular weight excluding hydrogens is 404 g/mol. The molecule has 0 spiro atoms. The van der Waals surface area contributed by atoms with Gasteiger partial charge in [0, 0.05) is 18.0 Å². The molecule has 0 radical (unpaired) electrons. The number of nitrogens with two attached hydrogens (primary N) is 1. The van der Waals surface area contributed by atoms with Crippen LogP contribution >= 0.6 is 0 Å². The van der Waals surface area contributed by atoms with Crippen molar-refractivity contribution in [1.29, 1.82) is 0 Å². The number of anilines is 1. The number of aromatic nitrogens is 2. The van der Waals surface area contributed by atoms with E-state index >= 15 is 0 Å². The second-order valence-corrected chi connectivity index (χ2v) is 9.70. The zero-order chi connectivity index (χ0) is 23.5. The number of carbonyl (C=O) groups excluding carboxylic acids is 1. The third-order valence-corrected chi connectivity index (χ3v) is 5.71. The molecule has 0 aliphatic heterocycles. The Morgan fingerprint density at radius 2 is 2.00 bits per heavy atom. The van der Waals surface area contributed by atoms with Crippen LogP contribution in [0, 0.1) is 12.8 Å². The number of nitrogens with one attached hydrogen (secondary N) is 2. The number of hydrogen-bond donors (Lipinski definition) is 4. The van der Waals surface area contributed by atoms with E-state index in [1.807, 2.05) is 39.0 Å². The quantitative estimate of drug-likeness (QED) is 0.387. The van der Waals surface area contributed by atoms with Crippen LogP contribution in [0.15, 0.2) is 23.2 Å². The van der Waals surface area contributed by atoms with Gasteiger partial charge in [0.15, 0.2) is 0 Å². The molecule has 174 valence electrons. The molecule has 1 aromatic carbocycles. The monoisotopic (exact) mass is 440 g/mol. The Morgan fingerprint density at radius 1 is 1.28 bits per heavy atom. The van der Waals surface area contributed by atoms with Gasteiger partial charge in [-0.15, -0.1) is 0 Å². The Bertz CT molecular complexity index is 996. The highest BCUT2D eigenvalue weighted by Crippen LogP contribution is 2.28. The molecule has 0 unspecified atom stereocenters. The van der Waals surface area contributed by atoms with Crippen molar-refractivity contribution in [2.24, 2.45) is 16.6 Å². The van der Waals surface area contributed by atoms with Crippen molar-refractivity contribution >= 4 is 28.5 Å². The van der Waals surface area contributed by atoms with Crippen molar-refractivity contribution in [2.75, 3.05) is 11.9 Å². The van der Waals surface area contributed by atoms with Crippen molar-refractivity contribution in [3.63, 3.8) is 0 Å². The van der Waals surface area contributed by atoms with Crippen LogP contribution in [0.5, 0.6) is 0 Å². The number of amides is 1. The van der Waals surface area contributed by atoms with E-state index in [9.17, 15) is 9.90 Å². The Labute approximate surface area is 190 Å². The van der Waals surface area contributed by atoms with Gasteiger partial charge in [-0.05, 0) is 51.7 Å². The molecule has 0 bridgehead atoms. The summed E-state index contributed by atoms with van der Waals surface area (Å²) in [6, 6.07) is 5.84. The molecule has 8 nitrogen and oxygen atoms in total. The number of amidine groups is 1. The number of hydrogen-bond acceptors (Lipinski definition) is 6. The van der Waals surface area contributed by atoms with Crippen LogP contribution in [0.3, 0.4) is 0 Å². The SMILES string of the molecule is Cc1ccc2nc(C(=O)NCC(C)C)nc(N[C@H]3CCCC[C@H]3N=C(N)C(C)(C)O)c2c1. The van der Waals surface area contributed by atoms with E-state index in [1.165, 1.54) is 0 Å². The average Bonchev–Trinajstić information content (AvgIpc) is 2.72. The summed E-state index contributed by atoms with van der Waals surface area (Å²) in [7, 11) is 0. The van der Waals surface area contributed by atoms with Crippen molar-refractivity contribution in [1.82, 2.24) is 15.3 Å². The lowest BCUT2D eigenvalue weighted by Crippen LogP contribution is -2.43. The fourth-order valence-corrected chi connectivity index (χ4v) is 3.78. The van der Waals surface area contributed by atoms with Gasteiger partial charge in [-0.2, -0.15) is 0 Å². The number of nitrogens with zero attached hydrogens (tertiary/aromatic N) is 3. The van der Waals surface area contributed by atoms with Crippen LogP contribution in [-0.4, -0.2) is 51.0 Å². The molecule has 8 heteroatoms. The van der Waals surface area contributed by atoms with Gasteiger partial charge in [0.2, 0.25) is 5.82 Å². The highest BCUT2D eigenvalue weighted by molar-refractivity contribution is 5.96. The number of aliphatic hydroxyl groups is 1. The van der Waals surface area contributed by atoms with Crippen LogP contribution < -0.4 is 16.4 Å². The third kappa shape index (κ3) is 5.94. The van der Waals surface area contributed by atoms with Crippen molar-refractivity contribution < 1.29 is 9.90 Å². The Hall–Kier alpha value is -2.74. The maximum atomic E-state index is 12.7. The number of carbonyl (C=O) groups is 1. The molecule has 2 aromatic rings. The first kappa shape index (κ1) is 23.9. The van der Waals surface area contributed by atoms with Gasteiger partial charge in [-0.25, -0.2) is 9.97 Å². The first-order valence-electron chi connectivity index (χ1n) is 11.4. The molecule has 0 saturated heterocycles. The van der Waals surface area contributed by atoms with E-state index in [1.54, 1.807) is 13.8 Å². The van der Waals surface area contributed by atoms with Gasteiger partial charge in [-0.1, -0.05) is 38.3 Å². The van der Waals surface area contributed by atoms with Crippen LogP contribution in [0.2, 0.25) is 0 Å². The maximum Gasteiger partial charge on any atom is 0.289 e. The molecular formula is C24H36N6O2. The van der Waals surface area contributed by atoms with E-state index < -0.39 is 5.60 Å². The molecule has 1 aromatic heterocycles. The van der Waals surface area contributed by atoms with Crippen molar-refractivity contribution in [3.8, 4) is 0 Å². The fraction of sp³-hybridized carbons (Fsp3) is 0.583. The summed E-state index contributed by atoms with van der Waals surface area (Å²) in [6.07, 6.45) is 3.89. The molecule has 1 heterocycles. The summed E-state index contributed by atoms with van der Waals surface area (Å²) in [5.74, 6) is 1.06. The summed E-state index contributed by atoms with van der Waals surface area (Å²) in [6.45, 7) is 9.94. The summed E-state index contributed by atoms with van der Waals surface area (Å²) >= 11 is 0. The standard InChI is InChI=1S/C24H36N6O2/c1-14(2)13-26-22(31)21-27-17-11-10-15(3)12-16(17)20(30-21)28-18-8-6-7-9-19(18)29-23(25)24(4,5)32/h10-12,14,18-19,32H,6-9,13H2,1-5H3,(H2,25,29)(H,26,31)(H,27,28,30)/t18-,19+/m0/s1. The molecule has 1 saturated carbocycles. The molecule has 1 amide bonds. The van der Waals surface area contributed by atoms with Gasteiger partial charge in [0.05, 0.1) is 11.6 Å². The van der Waals surface area contributed by atoms with Crippen LogP contribution in [0.1, 0.15) is 69.6 Å². The number of aryl methyl sites for hydroxylation is 1. The Kier molecular flexibility index (Phi) is 7.33. The molecule has 32 heavy (non-hydrogen) atoms. The molecule has 1 aliphatic rings. The zero-order valence-corrected chi connectivity index (χ0v) is 19.8. The predicted octanol–water partition coefficient (Wildman–Crippen LogP) is 3.18. The Balaban J connectivity index is 1.96. The maximum absolute atomic E-state index is 12.7. The van der Waals surface area contributed by atoms with E-state index in [0.29, 0.717) is 18.3 Å². The van der Waals surface area contributed by atoms with Crippen LogP contribution in [-0.2, 0) is 0 Å². The lowest BCUT2D eigenvalue weighted by molar-refractivity contribution is 0.0939. The van der Waals surface area contributed by atoms with Crippen LogP contribution in [0.25, 0.3) is 10.9 Å². The summed E-state index contributed by atoms with van der Waals surface area (Å²) in [5.41, 5.74) is 6.70. The van der Waals surface area contributed by atoms with E-state index in [0.717, 1.165) is 42.1 Å². The lowest BCUT2D eigenvalue weighted by Gasteiger charge is -2.31. The van der Waals surface area contributed by atoms with E-state index in [2.05, 4.69) is 25.6 Å². The molecule has 2 atom stereocenters. The normalized spacial score (nSPS) is 19.9. The second-order valence-electron chi connectivity index (χ2n) is 9.70. The zero-order valence-electron chi connectivity index (χ0n) is 19.8. The third-order valence-electron chi connectivity index (χ3n) is 5.71. The highest BCUT2D eigenvalue weighted by Gasteiger charge is 2.28. The van der Waals surface area contributed by atoms with Crippen molar-refractivity contribution in [2.45, 2.75) is 78.0 Å². The van der Waals surface area contributed by atoms with Crippen molar-refractivity contribution in [3.05, 3.63) is 29.6 Å². The first-order valence-corrected chi connectivity index (χ1v) is 11.4. The number of fused-ring (bicyclic) bond motifs is 1. The topological polar surface area (TPSA) is 126 Å². The van der Waals surface area contributed by atoms with Gasteiger partial charge >= 0.3 is 0 Å². The Morgan fingerprint density at radius 3 is 2.69 bits per heavy atom. The summed E-state index contributed by atoms with van der Waals surface area (Å²) < 4.78 is 0. The number of benzene rings is 1. The summed E-state index contributed by atoms with van der Waals surface area (Å²) in [4.78, 5) is 26.5.